The molecule has 0 fully saturated rings. The standard InChI is InChI=1S/C7H5N5O2/c8-2-1-3-9-4-5(10-3)11-7(14)12-6(4)13/h1H2,(H3,9,10,11,12,13,14). The first-order valence-corrected chi connectivity index (χ1v) is 3.79. The van der Waals surface area contributed by atoms with Gasteiger partial charge in [0.25, 0.3) is 5.56 Å². The van der Waals surface area contributed by atoms with Crippen LogP contribution in [0.25, 0.3) is 11.2 Å². The van der Waals surface area contributed by atoms with Crippen LogP contribution in [0, 0.1) is 11.3 Å². The molecule has 2 rings (SSSR count). The van der Waals surface area contributed by atoms with Crippen LogP contribution in [0.2, 0.25) is 0 Å². The first-order chi connectivity index (χ1) is 6.70. The Hall–Kier alpha value is -2.36. The molecular weight excluding hydrogens is 186 g/mol. The molecule has 3 N–H and O–H groups in total. The summed E-state index contributed by atoms with van der Waals surface area (Å²) in [7, 11) is 0. The first-order valence-electron chi connectivity index (χ1n) is 3.79. The van der Waals surface area contributed by atoms with Gasteiger partial charge in [0.05, 0.1) is 12.5 Å². The molecule has 7 nitrogen and oxygen atoms in total. The molecule has 0 amide bonds. The van der Waals surface area contributed by atoms with Crippen molar-refractivity contribution in [1.29, 1.82) is 5.26 Å². The van der Waals surface area contributed by atoms with Crippen molar-refractivity contribution < 1.29 is 0 Å². The van der Waals surface area contributed by atoms with Crippen molar-refractivity contribution in [1.82, 2.24) is 19.9 Å². The van der Waals surface area contributed by atoms with Gasteiger partial charge in [-0.2, -0.15) is 5.26 Å². The molecule has 2 aromatic rings. The van der Waals surface area contributed by atoms with Crippen LogP contribution >= 0.6 is 0 Å². The highest BCUT2D eigenvalue weighted by Crippen LogP contribution is 2.00. The van der Waals surface area contributed by atoms with E-state index in [2.05, 4.69) is 15.0 Å². The number of nitriles is 1. The number of fused-ring (bicyclic) bond motifs is 1. The highest BCUT2D eigenvalue weighted by Gasteiger charge is 2.06. The number of rotatable bonds is 1. The maximum atomic E-state index is 11.2. The highest BCUT2D eigenvalue weighted by atomic mass is 16.2. The van der Waals surface area contributed by atoms with Crippen molar-refractivity contribution in [2.75, 3.05) is 0 Å². The number of aromatic amines is 3. The molecule has 0 unspecified atom stereocenters. The molecule has 0 radical (unpaired) electrons. The van der Waals surface area contributed by atoms with Crippen molar-refractivity contribution in [3.8, 4) is 6.07 Å². The Labute approximate surface area is 76.4 Å². The first kappa shape index (κ1) is 8.25. The maximum Gasteiger partial charge on any atom is 0.327 e. The molecule has 2 aromatic heterocycles. The average Bonchev–Trinajstić information content (AvgIpc) is 2.48. The Morgan fingerprint density at radius 3 is 2.79 bits per heavy atom. The summed E-state index contributed by atoms with van der Waals surface area (Å²) in [6.45, 7) is 0. The predicted octanol–water partition coefficient (Wildman–Crippen LogP) is -0.994. The molecule has 2 heterocycles. The van der Waals surface area contributed by atoms with E-state index in [0.717, 1.165) is 0 Å². The third-order valence-corrected chi connectivity index (χ3v) is 1.69. The summed E-state index contributed by atoms with van der Waals surface area (Å²) < 4.78 is 0. The van der Waals surface area contributed by atoms with E-state index in [4.69, 9.17) is 5.26 Å². The van der Waals surface area contributed by atoms with Gasteiger partial charge in [-0.1, -0.05) is 0 Å². The van der Waals surface area contributed by atoms with E-state index in [9.17, 15) is 9.59 Å². The van der Waals surface area contributed by atoms with E-state index in [-0.39, 0.29) is 17.6 Å². The number of nitrogens with one attached hydrogen (secondary N) is 3. The lowest BCUT2D eigenvalue weighted by Gasteiger charge is -1.83. The number of aromatic nitrogens is 4. The molecule has 70 valence electrons. The molecule has 0 spiro atoms. The molecule has 0 atom stereocenters. The SMILES string of the molecule is N#CCc1nc2[nH]c(=O)[nH]c(=O)c2[nH]1. The second kappa shape index (κ2) is 2.85. The van der Waals surface area contributed by atoms with Gasteiger partial charge in [-0.15, -0.1) is 0 Å². The van der Waals surface area contributed by atoms with Crippen molar-refractivity contribution in [3.63, 3.8) is 0 Å². The molecule has 0 aliphatic heterocycles. The van der Waals surface area contributed by atoms with E-state index in [0.29, 0.717) is 5.82 Å². The smallest absolute Gasteiger partial charge is 0.327 e. The minimum atomic E-state index is -0.613. The molecule has 0 aliphatic carbocycles. The molecular formula is C7H5N5O2. The number of hydrogen-bond donors (Lipinski definition) is 3. The lowest BCUT2D eigenvalue weighted by Crippen LogP contribution is -2.21. The molecule has 0 saturated carbocycles. The fourth-order valence-electron chi connectivity index (χ4n) is 1.14. The van der Waals surface area contributed by atoms with Crippen LogP contribution in [0.1, 0.15) is 5.82 Å². The minimum absolute atomic E-state index is 0.0656. The summed E-state index contributed by atoms with van der Waals surface area (Å²) in [5, 5.41) is 8.40. The predicted molar refractivity (Wildman–Crippen MR) is 46.7 cm³/mol. The summed E-state index contributed by atoms with van der Waals surface area (Å²) >= 11 is 0. The van der Waals surface area contributed by atoms with Gasteiger partial charge in [0, 0.05) is 0 Å². The van der Waals surface area contributed by atoms with E-state index < -0.39 is 11.2 Å². The fourth-order valence-corrected chi connectivity index (χ4v) is 1.14. The van der Waals surface area contributed by atoms with Gasteiger partial charge >= 0.3 is 5.69 Å². The van der Waals surface area contributed by atoms with E-state index in [1.807, 2.05) is 11.1 Å². The Bertz CT molecular complexity index is 626. The zero-order valence-electron chi connectivity index (χ0n) is 6.92. The topological polar surface area (TPSA) is 118 Å². The van der Waals surface area contributed by atoms with E-state index >= 15 is 0 Å². The van der Waals surface area contributed by atoms with Crippen LogP contribution in [0.15, 0.2) is 9.59 Å². The summed E-state index contributed by atoms with van der Waals surface area (Å²) in [5.41, 5.74) is -0.809. The molecule has 14 heavy (non-hydrogen) atoms. The minimum Gasteiger partial charge on any atom is -0.335 e. The Kier molecular flexibility index (Phi) is 1.68. The summed E-state index contributed by atoms with van der Waals surface area (Å²) in [6.07, 6.45) is 0.0656. The van der Waals surface area contributed by atoms with Gasteiger partial charge in [-0.25, -0.2) is 9.78 Å². The second-order valence-electron chi connectivity index (χ2n) is 2.65. The summed E-state index contributed by atoms with van der Waals surface area (Å²) in [4.78, 5) is 32.9. The fraction of sp³-hybridized carbons (Fsp3) is 0.143. The maximum absolute atomic E-state index is 11.2. The quantitative estimate of drug-likeness (QED) is 0.535. The molecule has 7 heteroatoms. The molecule has 0 aliphatic rings. The van der Waals surface area contributed by atoms with Crippen molar-refractivity contribution >= 4 is 11.2 Å². The number of imidazole rings is 1. The third-order valence-electron chi connectivity index (χ3n) is 1.69. The van der Waals surface area contributed by atoms with Gasteiger partial charge in [0.15, 0.2) is 5.65 Å². The van der Waals surface area contributed by atoms with E-state index in [1.165, 1.54) is 0 Å². The van der Waals surface area contributed by atoms with E-state index in [1.54, 1.807) is 0 Å². The lowest BCUT2D eigenvalue weighted by molar-refractivity contribution is 1.06. The largest absolute Gasteiger partial charge is 0.335 e. The van der Waals surface area contributed by atoms with Crippen molar-refractivity contribution in [2.24, 2.45) is 0 Å². The van der Waals surface area contributed by atoms with Crippen LogP contribution in [0.3, 0.4) is 0 Å². The molecule has 0 aromatic carbocycles. The van der Waals surface area contributed by atoms with Crippen molar-refractivity contribution in [3.05, 3.63) is 26.7 Å². The second-order valence-corrected chi connectivity index (χ2v) is 2.65. The highest BCUT2D eigenvalue weighted by molar-refractivity contribution is 5.68. The number of nitrogens with zero attached hydrogens (tertiary/aromatic N) is 2. The lowest BCUT2D eigenvalue weighted by atomic mass is 10.5. The summed E-state index contributed by atoms with van der Waals surface area (Å²) in [5.74, 6) is 0.356. The third kappa shape index (κ3) is 1.19. The average molecular weight is 191 g/mol. The Morgan fingerprint density at radius 1 is 1.29 bits per heavy atom. The monoisotopic (exact) mass is 191 g/mol. The van der Waals surface area contributed by atoms with Crippen molar-refractivity contribution in [2.45, 2.75) is 6.42 Å². The Morgan fingerprint density at radius 2 is 2.07 bits per heavy atom. The summed E-state index contributed by atoms with van der Waals surface area (Å²) in [6, 6.07) is 1.88. The van der Waals surface area contributed by atoms with Crippen LogP contribution in [0.4, 0.5) is 0 Å². The number of H-pyrrole nitrogens is 3. The van der Waals surface area contributed by atoms with Crippen LogP contribution in [-0.2, 0) is 6.42 Å². The van der Waals surface area contributed by atoms with Gasteiger partial charge in [-0.05, 0) is 0 Å². The molecule has 0 saturated heterocycles. The Balaban J connectivity index is 2.78. The zero-order chi connectivity index (χ0) is 10.1. The van der Waals surface area contributed by atoms with Gasteiger partial charge in [0.1, 0.15) is 11.3 Å². The normalized spacial score (nSPS) is 10.2. The van der Waals surface area contributed by atoms with Gasteiger partial charge < -0.3 is 4.98 Å². The zero-order valence-corrected chi connectivity index (χ0v) is 6.92. The van der Waals surface area contributed by atoms with Gasteiger partial charge in [-0.3, -0.25) is 14.8 Å². The molecule has 0 bridgehead atoms. The van der Waals surface area contributed by atoms with Gasteiger partial charge in [0.2, 0.25) is 0 Å². The van der Waals surface area contributed by atoms with Crippen LogP contribution < -0.4 is 11.2 Å². The van der Waals surface area contributed by atoms with Crippen LogP contribution in [-0.4, -0.2) is 19.9 Å². The number of hydrogen-bond acceptors (Lipinski definition) is 4. The van der Waals surface area contributed by atoms with Crippen LogP contribution in [0.5, 0.6) is 0 Å².